The van der Waals surface area contributed by atoms with Crippen molar-refractivity contribution >= 4 is 47.8 Å². The van der Waals surface area contributed by atoms with E-state index in [1.807, 2.05) is 6.07 Å². The number of carbonyl (C=O) groups is 2. The van der Waals surface area contributed by atoms with E-state index in [4.69, 9.17) is 0 Å². The SMILES string of the molecule is CCNC(=NCCN1C(=O)CCCC1=O)N1CCN(C/C=C/c2ccccc2)CC1.I. The standard InChI is InChI=1S/C23H33N5O2.HI/c1-2-24-23(25-13-15-28-21(29)11-6-12-22(28)30)27-18-16-26(17-19-27)14-7-10-20-8-4-3-5-9-20;/h3-5,7-10H,2,6,11-19H2,1H3,(H,24,25);1H/b10-7+;. The lowest BCUT2D eigenvalue weighted by atomic mass is 10.1. The molecule has 1 aromatic rings. The minimum atomic E-state index is -0.0661. The van der Waals surface area contributed by atoms with E-state index in [1.54, 1.807) is 0 Å². The third-order valence-electron chi connectivity index (χ3n) is 5.45. The molecular formula is C23H34IN5O2. The van der Waals surface area contributed by atoms with Crippen LogP contribution >= 0.6 is 24.0 Å². The summed E-state index contributed by atoms with van der Waals surface area (Å²) in [4.78, 5) is 34.6. The van der Waals surface area contributed by atoms with Crippen LogP contribution in [0.4, 0.5) is 0 Å². The van der Waals surface area contributed by atoms with Crippen LogP contribution < -0.4 is 5.32 Å². The average molecular weight is 539 g/mol. The molecule has 0 aliphatic carbocycles. The summed E-state index contributed by atoms with van der Waals surface area (Å²) in [6.45, 7) is 8.38. The molecule has 0 aromatic heterocycles. The van der Waals surface area contributed by atoms with E-state index in [9.17, 15) is 9.59 Å². The van der Waals surface area contributed by atoms with Gasteiger partial charge in [-0.25, -0.2) is 0 Å². The molecule has 2 aliphatic rings. The van der Waals surface area contributed by atoms with Crippen molar-refractivity contribution in [1.82, 2.24) is 20.0 Å². The number of guanidine groups is 1. The Morgan fingerprint density at radius 2 is 1.74 bits per heavy atom. The first-order chi connectivity index (χ1) is 14.7. The van der Waals surface area contributed by atoms with Crippen LogP contribution in [0.25, 0.3) is 6.08 Å². The number of benzene rings is 1. The third kappa shape index (κ3) is 7.92. The van der Waals surface area contributed by atoms with Crippen molar-refractivity contribution in [2.75, 3.05) is 52.4 Å². The third-order valence-corrected chi connectivity index (χ3v) is 5.45. The lowest BCUT2D eigenvalue weighted by molar-refractivity contribution is -0.147. The number of rotatable bonds is 7. The van der Waals surface area contributed by atoms with E-state index in [2.05, 4.69) is 63.5 Å². The second kappa shape index (κ2) is 13.5. The highest BCUT2D eigenvalue weighted by Gasteiger charge is 2.25. The molecule has 0 radical (unpaired) electrons. The van der Waals surface area contributed by atoms with Crippen LogP contribution in [0.15, 0.2) is 41.4 Å². The maximum Gasteiger partial charge on any atom is 0.229 e. The number of hydrogen-bond donors (Lipinski definition) is 1. The fourth-order valence-corrected chi connectivity index (χ4v) is 3.78. The van der Waals surface area contributed by atoms with Crippen LogP contribution in [0.2, 0.25) is 0 Å². The maximum absolute atomic E-state index is 11.9. The second-order valence-corrected chi connectivity index (χ2v) is 7.63. The predicted octanol–water partition coefficient (Wildman–Crippen LogP) is 2.44. The number of carbonyl (C=O) groups excluding carboxylic acids is 2. The first-order valence-corrected chi connectivity index (χ1v) is 11.0. The smallest absolute Gasteiger partial charge is 0.229 e. The summed E-state index contributed by atoms with van der Waals surface area (Å²) in [5.74, 6) is 0.737. The fourth-order valence-electron chi connectivity index (χ4n) is 3.78. The molecule has 0 spiro atoms. The predicted molar refractivity (Wildman–Crippen MR) is 135 cm³/mol. The monoisotopic (exact) mass is 539 g/mol. The Morgan fingerprint density at radius 1 is 1.06 bits per heavy atom. The Hall–Kier alpha value is -1.94. The lowest BCUT2D eigenvalue weighted by Gasteiger charge is -2.36. The summed E-state index contributed by atoms with van der Waals surface area (Å²) < 4.78 is 0. The quantitative estimate of drug-likeness (QED) is 0.250. The van der Waals surface area contributed by atoms with Gasteiger partial charge in [0.1, 0.15) is 0 Å². The van der Waals surface area contributed by atoms with Gasteiger partial charge in [0.15, 0.2) is 5.96 Å². The Labute approximate surface area is 202 Å². The summed E-state index contributed by atoms with van der Waals surface area (Å²) in [6.07, 6.45) is 6.00. The summed E-state index contributed by atoms with van der Waals surface area (Å²) >= 11 is 0. The zero-order chi connectivity index (χ0) is 21.2. The zero-order valence-corrected chi connectivity index (χ0v) is 20.7. The van der Waals surface area contributed by atoms with Gasteiger partial charge in [-0.2, -0.15) is 0 Å². The molecule has 0 atom stereocenters. The molecule has 3 rings (SSSR count). The first kappa shape index (κ1) is 25.3. The first-order valence-electron chi connectivity index (χ1n) is 11.0. The van der Waals surface area contributed by atoms with Gasteiger partial charge in [-0.05, 0) is 18.9 Å². The van der Waals surface area contributed by atoms with Gasteiger partial charge < -0.3 is 10.2 Å². The molecule has 8 heteroatoms. The summed E-state index contributed by atoms with van der Waals surface area (Å²) in [5, 5.41) is 3.35. The fraction of sp³-hybridized carbons (Fsp3) is 0.522. The van der Waals surface area contributed by atoms with Crippen LogP contribution in [0.3, 0.4) is 0 Å². The topological polar surface area (TPSA) is 68.2 Å². The number of likely N-dealkylation sites (tertiary alicyclic amines) is 1. The Morgan fingerprint density at radius 3 is 2.39 bits per heavy atom. The van der Waals surface area contributed by atoms with Crippen LogP contribution in [0.1, 0.15) is 31.7 Å². The van der Waals surface area contributed by atoms with Crippen molar-refractivity contribution in [3.63, 3.8) is 0 Å². The van der Waals surface area contributed by atoms with Gasteiger partial charge >= 0.3 is 0 Å². The number of nitrogens with one attached hydrogen (secondary N) is 1. The maximum atomic E-state index is 11.9. The Kier molecular flexibility index (Phi) is 11.0. The van der Waals surface area contributed by atoms with Crippen molar-refractivity contribution in [3.8, 4) is 0 Å². The van der Waals surface area contributed by atoms with E-state index in [-0.39, 0.29) is 35.8 Å². The van der Waals surface area contributed by atoms with E-state index < -0.39 is 0 Å². The molecule has 1 aromatic carbocycles. The molecule has 7 nitrogen and oxygen atoms in total. The number of hydrogen-bond acceptors (Lipinski definition) is 4. The van der Waals surface area contributed by atoms with Gasteiger partial charge in [0.05, 0.1) is 6.54 Å². The van der Waals surface area contributed by atoms with Crippen molar-refractivity contribution in [2.45, 2.75) is 26.2 Å². The van der Waals surface area contributed by atoms with E-state index in [0.717, 1.165) is 45.2 Å². The lowest BCUT2D eigenvalue weighted by Crippen LogP contribution is -2.52. The summed E-state index contributed by atoms with van der Waals surface area (Å²) in [7, 11) is 0. The molecule has 0 saturated carbocycles. The van der Waals surface area contributed by atoms with Crippen molar-refractivity contribution in [2.24, 2.45) is 4.99 Å². The van der Waals surface area contributed by atoms with Gasteiger partial charge in [0.25, 0.3) is 0 Å². The molecule has 170 valence electrons. The number of imide groups is 1. The van der Waals surface area contributed by atoms with Crippen molar-refractivity contribution in [1.29, 1.82) is 0 Å². The number of nitrogens with zero attached hydrogens (tertiary/aromatic N) is 4. The number of aliphatic imine (C=N–C) groups is 1. The van der Waals surface area contributed by atoms with Crippen LogP contribution in [-0.2, 0) is 9.59 Å². The Bertz CT molecular complexity index is 744. The Balaban J connectivity index is 0.00000341. The van der Waals surface area contributed by atoms with Gasteiger partial charge in [-0.1, -0.05) is 42.5 Å². The highest BCUT2D eigenvalue weighted by Crippen LogP contribution is 2.11. The minimum absolute atomic E-state index is 0. The van der Waals surface area contributed by atoms with Crippen LogP contribution in [0, 0.1) is 0 Å². The number of halogens is 1. The highest BCUT2D eigenvalue weighted by atomic mass is 127. The molecule has 0 unspecified atom stereocenters. The van der Waals surface area contributed by atoms with E-state index >= 15 is 0 Å². The molecular weight excluding hydrogens is 505 g/mol. The normalized spacial score (nSPS) is 18.4. The van der Waals surface area contributed by atoms with Crippen LogP contribution in [-0.4, -0.2) is 84.8 Å². The molecule has 2 saturated heterocycles. The largest absolute Gasteiger partial charge is 0.357 e. The summed E-state index contributed by atoms with van der Waals surface area (Å²) in [5.41, 5.74) is 1.23. The molecule has 2 heterocycles. The number of piperazine rings is 1. The minimum Gasteiger partial charge on any atom is -0.357 e. The number of amides is 2. The van der Waals surface area contributed by atoms with Crippen molar-refractivity contribution < 1.29 is 9.59 Å². The second-order valence-electron chi connectivity index (χ2n) is 7.63. The van der Waals surface area contributed by atoms with Gasteiger partial charge in [0.2, 0.25) is 11.8 Å². The van der Waals surface area contributed by atoms with Gasteiger partial charge in [-0.15, -0.1) is 24.0 Å². The molecule has 2 aliphatic heterocycles. The summed E-state index contributed by atoms with van der Waals surface area (Å²) in [6, 6.07) is 10.4. The van der Waals surface area contributed by atoms with Crippen molar-refractivity contribution in [3.05, 3.63) is 42.0 Å². The molecule has 1 N–H and O–H groups in total. The molecule has 31 heavy (non-hydrogen) atoms. The van der Waals surface area contributed by atoms with E-state index in [1.165, 1.54) is 10.5 Å². The molecule has 0 bridgehead atoms. The van der Waals surface area contributed by atoms with E-state index in [0.29, 0.717) is 32.4 Å². The average Bonchev–Trinajstić information content (AvgIpc) is 2.76. The molecule has 2 fully saturated rings. The van der Waals surface area contributed by atoms with Gasteiger partial charge in [-0.3, -0.25) is 24.4 Å². The molecule has 2 amide bonds. The van der Waals surface area contributed by atoms with Gasteiger partial charge in [0, 0.05) is 58.7 Å². The highest BCUT2D eigenvalue weighted by molar-refractivity contribution is 14.0. The zero-order valence-electron chi connectivity index (χ0n) is 18.3. The van der Waals surface area contributed by atoms with Crippen LogP contribution in [0.5, 0.6) is 0 Å². The number of piperidine rings is 1.